The summed E-state index contributed by atoms with van der Waals surface area (Å²) in [5.41, 5.74) is 2.28. The Labute approximate surface area is 122 Å². The molecule has 1 rings (SSSR count). The molecule has 0 aliphatic carbocycles. The van der Waals surface area contributed by atoms with Gasteiger partial charge in [-0.05, 0) is 46.8 Å². The number of rotatable bonds is 7. The third-order valence-corrected chi connectivity index (χ3v) is 3.06. The standard InChI is InChI=1S/C17H26N2O/c1-14-7-6-8-15(11-14)9-10-17(20)16(12-18(2)3)13-19(4)5/h6-11,16H,12-13H2,1-5H3. The van der Waals surface area contributed by atoms with E-state index < -0.39 is 0 Å². The van der Waals surface area contributed by atoms with E-state index in [4.69, 9.17) is 0 Å². The second-order valence-electron chi connectivity index (χ2n) is 5.87. The van der Waals surface area contributed by atoms with E-state index in [1.165, 1.54) is 5.56 Å². The molecule has 1 aromatic rings. The van der Waals surface area contributed by atoms with Crippen LogP contribution in [0.4, 0.5) is 0 Å². The van der Waals surface area contributed by atoms with Crippen LogP contribution in [0.1, 0.15) is 11.1 Å². The molecule has 20 heavy (non-hydrogen) atoms. The third-order valence-electron chi connectivity index (χ3n) is 3.06. The predicted molar refractivity (Wildman–Crippen MR) is 85.8 cm³/mol. The number of allylic oxidation sites excluding steroid dienone is 1. The lowest BCUT2D eigenvalue weighted by Gasteiger charge is -2.22. The normalized spacial score (nSPS) is 12.0. The lowest BCUT2D eigenvalue weighted by atomic mass is 10.0. The van der Waals surface area contributed by atoms with Crippen LogP contribution in [0.3, 0.4) is 0 Å². The van der Waals surface area contributed by atoms with Crippen molar-refractivity contribution in [2.24, 2.45) is 5.92 Å². The second kappa shape index (κ2) is 7.98. The minimum atomic E-state index is 0.0149. The summed E-state index contributed by atoms with van der Waals surface area (Å²) in [4.78, 5) is 16.5. The maximum Gasteiger partial charge on any atom is 0.161 e. The van der Waals surface area contributed by atoms with Gasteiger partial charge in [-0.25, -0.2) is 0 Å². The van der Waals surface area contributed by atoms with Crippen molar-refractivity contribution in [3.05, 3.63) is 41.5 Å². The number of carbonyl (C=O) groups excluding carboxylic acids is 1. The Kier molecular flexibility index (Phi) is 6.62. The van der Waals surface area contributed by atoms with Crippen molar-refractivity contribution in [1.82, 2.24) is 9.80 Å². The lowest BCUT2D eigenvalue weighted by Crippen LogP contribution is -2.34. The van der Waals surface area contributed by atoms with Gasteiger partial charge in [0.2, 0.25) is 0 Å². The largest absolute Gasteiger partial charge is 0.309 e. The molecular weight excluding hydrogens is 248 g/mol. The molecule has 0 fully saturated rings. The molecule has 0 saturated carbocycles. The van der Waals surface area contributed by atoms with Gasteiger partial charge in [0, 0.05) is 19.0 Å². The third kappa shape index (κ3) is 6.13. The number of hydrogen-bond donors (Lipinski definition) is 0. The first-order valence-corrected chi connectivity index (χ1v) is 6.96. The number of hydrogen-bond acceptors (Lipinski definition) is 3. The zero-order chi connectivity index (χ0) is 15.1. The first-order valence-electron chi connectivity index (χ1n) is 6.96. The second-order valence-corrected chi connectivity index (χ2v) is 5.87. The highest BCUT2D eigenvalue weighted by molar-refractivity contribution is 5.95. The molecule has 1 aromatic carbocycles. The highest BCUT2D eigenvalue weighted by atomic mass is 16.1. The molecule has 0 aromatic heterocycles. The van der Waals surface area contributed by atoms with Gasteiger partial charge in [-0.2, -0.15) is 0 Å². The van der Waals surface area contributed by atoms with Gasteiger partial charge in [-0.1, -0.05) is 35.9 Å². The molecule has 0 N–H and O–H groups in total. The van der Waals surface area contributed by atoms with Crippen LogP contribution in [0, 0.1) is 12.8 Å². The van der Waals surface area contributed by atoms with Crippen LogP contribution in [0.2, 0.25) is 0 Å². The van der Waals surface area contributed by atoms with Crippen molar-refractivity contribution in [3.8, 4) is 0 Å². The molecule has 0 spiro atoms. The molecule has 0 bridgehead atoms. The number of ketones is 1. The Balaban J connectivity index is 2.74. The SMILES string of the molecule is Cc1cccc(C=CC(=O)C(CN(C)C)CN(C)C)c1. The Hall–Kier alpha value is -1.45. The topological polar surface area (TPSA) is 23.6 Å². The summed E-state index contributed by atoms with van der Waals surface area (Å²) in [6.07, 6.45) is 3.63. The number of aryl methyl sites for hydroxylation is 1. The monoisotopic (exact) mass is 274 g/mol. The fourth-order valence-electron chi connectivity index (χ4n) is 2.21. The zero-order valence-electron chi connectivity index (χ0n) is 13.3. The summed E-state index contributed by atoms with van der Waals surface area (Å²) in [5, 5.41) is 0. The highest BCUT2D eigenvalue weighted by Crippen LogP contribution is 2.09. The molecule has 3 nitrogen and oxygen atoms in total. The van der Waals surface area contributed by atoms with Crippen LogP contribution >= 0.6 is 0 Å². The summed E-state index contributed by atoms with van der Waals surface area (Å²) in [6, 6.07) is 8.16. The molecule has 0 aliphatic heterocycles. The minimum absolute atomic E-state index is 0.0149. The van der Waals surface area contributed by atoms with Crippen LogP contribution in [0.15, 0.2) is 30.3 Å². The van der Waals surface area contributed by atoms with Gasteiger partial charge >= 0.3 is 0 Å². The van der Waals surface area contributed by atoms with Gasteiger partial charge in [0.05, 0.1) is 0 Å². The molecule has 0 radical (unpaired) electrons. The van der Waals surface area contributed by atoms with Gasteiger partial charge in [0.15, 0.2) is 5.78 Å². The van der Waals surface area contributed by atoms with E-state index in [-0.39, 0.29) is 11.7 Å². The van der Waals surface area contributed by atoms with Crippen molar-refractivity contribution in [2.45, 2.75) is 6.92 Å². The fourth-order valence-corrected chi connectivity index (χ4v) is 2.21. The van der Waals surface area contributed by atoms with Crippen LogP contribution in [0.25, 0.3) is 6.08 Å². The summed E-state index contributed by atoms with van der Waals surface area (Å²) in [7, 11) is 8.00. The smallest absolute Gasteiger partial charge is 0.161 e. The Morgan fingerprint density at radius 3 is 2.25 bits per heavy atom. The molecule has 0 aliphatic rings. The van der Waals surface area contributed by atoms with Gasteiger partial charge in [0.25, 0.3) is 0 Å². The highest BCUT2D eigenvalue weighted by Gasteiger charge is 2.17. The first kappa shape index (κ1) is 16.6. The van der Waals surface area contributed by atoms with E-state index in [2.05, 4.69) is 28.9 Å². The number of nitrogens with zero attached hydrogens (tertiary/aromatic N) is 2. The predicted octanol–water partition coefficient (Wildman–Crippen LogP) is 2.32. The zero-order valence-corrected chi connectivity index (χ0v) is 13.3. The van der Waals surface area contributed by atoms with E-state index in [9.17, 15) is 4.79 Å². The Bertz CT molecular complexity index is 454. The maximum absolute atomic E-state index is 12.3. The van der Waals surface area contributed by atoms with E-state index in [1.54, 1.807) is 6.08 Å². The molecule has 0 unspecified atom stereocenters. The molecule has 3 heteroatoms. The Morgan fingerprint density at radius 1 is 1.15 bits per heavy atom. The van der Waals surface area contributed by atoms with Crippen molar-refractivity contribution in [2.75, 3.05) is 41.3 Å². The summed E-state index contributed by atoms with van der Waals surface area (Å²) in [5.74, 6) is 0.204. The van der Waals surface area contributed by atoms with Gasteiger partial charge in [-0.3, -0.25) is 4.79 Å². The van der Waals surface area contributed by atoms with Gasteiger partial charge in [0.1, 0.15) is 0 Å². The van der Waals surface area contributed by atoms with Gasteiger partial charge < -0.3 is 9.80 Å². The van der Waals surface area contributed by atoms with Crippen molar-refractivity contribution >= 4 is 11.9 Å². The average molecular weight is 274 g/mol. The lowest BCUT2D eigenvalue weighted by molar-refractivity contribution is -0.119. The molecule has 110 valence electrons. The average Bonchev–Trinajstić information content (AvgIpc) is 2.34. The van der Waals surface area contributed by atoms with Crippen molar-refractivity contribution < 1.29 is 4.79 Å². The summed E-state index contributed by atoms with van der Waals surface area (Å²) >= 11 is 0. The van der Waals surface area contributed by atoms with E-state index in [0.29, 0.717) is 0 Å². The van der Waals surface area contributed by atoms with Crippen molar-refractivity contribution in [1.29, 1.82) is 0 Å². The van der Waals surface area contributed by atoms with Crippen LogP contribution < -0.4 is 0 Å². The quantitative estimate of drug-likeness (QED) is 0.713. The van der Waals surface area contributed by atoms with Crippen LogP contribution in [0.5, 0.6) is 0 Å². The van der Waals surface area contributed by atoms with E-state index >= 15 is 0 Å². The minimum Gasteiger partial charge on any atom is -0.309 e. The van der Waals surface area contributed by atoms with Gasteiger partial charge in [-0.15, -0.1) is 0 Å². The van der Waals surface area contributed by atoms with E-state index in [1.807, 2.05) is 46.4 Å². The van der Waals surface area contributed by atoms with E-state index in [0.717, 1.165) is 18.7 Å². The first-order chi connectivity index (χ1) is 9.38. The Morgan fingerprint density at radius 2 is 1.75 bits per heavy atom. The van der Waals surface area contributed by atoms with Crippen LogP contribution in [-0.4, -0.2) is 56.9 Å². The number of carbonyl (C=O) groups is 1. The molecule has 0 heterocycles. The number of benzene rings is 1. The maximum atomic E-state index is 12.3. The molecule has 0 amide bonds. The molecule has 0 atom stereocenters. The van der Waals surface area contributed by atoms with Crippen molar-refractivity contribution in [3.63, 3.8) is 0 Å². The summed E-state index contributed by atoms with van der Waals surface area (Å²) < 4.78 is 0. The summed E-state index contributed by atoms with van der Waals surface area (Å²) in [6.45, 7) is 3.60. The molecule has 0 saturated heterocycles. The molecular formula is C17H26N2O. The fraction of sp³-hybridized carbons (Fsp3) is 0.471. The van der Waals surface area contributed by atoms with Crippen LogP contribution in [-0.2, 0) is 4.79 Å².